The number of anilines is 1. The summed E-state index contributed by atoms with van der Waals surface area (Å²) in [7, 11) is 4.23. The normalized spacial score (nSPS) is 17.0. The van der Waals surface area contributed by atoms with Crippen LogP contribution in [0.4, 0.5) is 5.82 Å². The van der Waals surface area contributed by atoms with Crippen LogP contribution < -0.4 is 4.90 Å². The highest BCUT2D eigenvalue weighted by Crippen LogP contribution is 2.24. The van der Waals surface area contributed by atoms with Crippen LogP contribution in [0, 0.1) is 13.8 Å². The zero-order chi connectivity index (χ0) is 14.7. The average Bonchev–Trinajstić information content (AvgIpc) is 2.43. The molecule has 1 fully saturated rings. The summed E-state index contributed by atoms with van der Waals surface area (Å²) in [6, 6.07) is 0. The van der Waals surface area contributed by atoms with Crippen LogP contribution in [0.5, 0.6) is 0 Å². The van der Waals surface area contributed by atoms with Crippen molar-refractivity contribution < 1.29 is 0 Å². The first-order valence-electron chi connectivity index (χ1n) is 7.10. The molecular formula is C14H24ClN5. The summed E-state index contributed by atoms with van der Waals surface area (Å²) < 4.78 is 0. The molecule has 0 atom stereocenters. The lowest BCUT2D eigenvalue weighted by Crippen LogP contribution is -2.48. The molecule has 0 amide bonds. The maximum absolute atomic E-state index is 6.01. The van der Waals surface area contributed by atoms with E-state index >= 15 is 0 Å². The van der Waals surface area contributed by atoms with Crippen molar-refractivity contribution in [2.75, 3.05) is 58.3 Å². The molecule has 2 heterocycles. The largest absolute Gasteiger partial charge is 0.352 e. The van der Waals surface area contributed by atoms with Crippen LogP contribution in [-0.2, 0) is 0 Å². The molecule has 0 N–H and O–H groups in total. The number of piperazine rings is 1. The van der Waals surface area contributed by atoms with Crippen molar-refractivity contribution in [1.82, 2.24) is 20.0 Å². The van der Waals surface area contributed by atoms with Crippen LogP contribution in [0.2, 0.25) is 5.15 Å². The average molecular weight is 298 g/mol. The minimum Gasteiger partial charge on any atom is -0.352 e. The van der Waals surface area contributed by atoms with Crippen LogP contribution in [0.15, 0.2) is 0 Å². The molecule has 20 heavy (non-hydrogen) atoms. The first-order chi connectivity index (χ1) is 9.49. The van der Waals surface area contributed by atoms with E-state index in [0.29, 0.717) is 5.15 Å². The third-order valence-electron chi connectivity index (χ3n) is 3.98. The monoisotopic (exact) mass is 297 g/mol. The van der Waals surface area contributed by atoms with Crippen molar-refractivity contribution in [2.24, 2.45) is 0 Å². The summed E-state index contributed by atoms with van der Waals surface area (Å²) in [6.07, 6.45) is 0. The van der Waals surface area contributed by atoms with Crippen LogP contribution in [0.25, 0.3) is 0 Å². The number of aromatic nitrogens is 2. The summed E-state index contributed by atoms with van der Waals surface area (Å²) in [4.78, 5) is 7.05. The Morgan fingerprint density at radius 1 is 1.05 bits per heavy atom. The highest BCUT2D eigenvalue weighted by Gasteiger charge is 2.20. The summed E-state index contributed by atoms with van der Waals surface area (Å²) in [5.41, 5.74) is 2.18. The van der Waals surface area contributed by atoms with Crippen molar-refractivity contribution in [3.05, 3.63) is 16.3 Å². The number of nitrogens with zero attached hydrogens (tertiary/aromatic N) is 5. The van der Waals surface area contributed by atoms with Gasteiger partial charge in [-0.1, -0.05) is 11.6 Å². The Kier molecular flexibility index (Phi) is 5.18. The van der Waals surface area contributed by atoms with E-state index in [1.807, 2.05) is 6.92 Å². The van der Waals surface area contributed by atoms with Gasteiger partial charge in [0.15, 0.2) is 11.0 Å². The van der Waals surface area contributed by atoms with E-state index in [1.165, 1.54) is 0 Å². The first-order valence-corrected chi connectivity index (χ1v) is 7.48. The van der Waals surface area contributed by atoms with E-state index in [0.717, 1.165) is 56.2 Å². The number of rotatable bonds is 4. The van der Waals surface area contributed by atoms with Gasteiger partial charge in [-0.25, -0.2) is 0 Å². The lowest BCUT2D eigenvalue weighted by atomic mass is 10.2. The molecule has 112 valence electrons. The summed E-state index contributed by atoms with van der Waals surface area (Å²) in [5.74, 6) is 0.985. The molecule has 1 aliphatic heterocycles. The van der Waals surface area contributed by atoms with Gasteiger partial charge in [-0.3, -0.25) is 4.90 Å². The van der Waals surface area contributed by atoms with Crippen molar-refractivity contribution in [2.45, 2.75) is 13.8 Å². The highest BCUT2D eigenvalue weighted by molar-refractivity contribution is 6.30. The zero-order valence-corrected chi connectivity index (χ0v) is 13.6. The molecule has 0 radical (unpaired) electrons. The number of likely N-dealkylation sites (N-methyl/N-ethyl adjacent to an activating group) is 1. The smallest absolute Gasteiger partial charge is 0.155 e. The van der Waals surface area contributed by atoms with Crippen LogP contribution in [-0.4, -0.2) is 73.4 Å². The zero-order valence-electron chi connectivity index (χ0n) is 12.9. The van der Waals surface area contributed by atoms with Crippen molar-refractivity contribution in [3.63, 3.8) is 0 Å². The molecule has 0 bridgehead atoms. The highest BCUT2D eigenvalue weighted by atomic mass is 35.5. The third-order valence-corrected chi connectivity index (χ3v) is 4.33. The lowest BCUT2D eigenvalue weighted by Gasteiger charge is -2.36. The molecule has 5 nitrogen and oxygen atoms in total. The van der Waals surface area contributed by atoms with Crippen molar-refractivity contribution in [3.8, 4) is 0 Å². The Labute approximate surface area is 126 Å². The van der Waals surface area contributed by atoms with Crippen LogP contribution in [0.1, 0.15) is 11.1 Å². The predicted molar refractivity (Wildman–Crippen MR) is 83.7 cm³/mol. The van der Waals surface area contributed by atoms with Crippen LogP contribution in [0.3, 0.4) is 0 Å². The Hall–Kier alpha value is -0.910. The molecule has 1 aliphatic rings. The van der Waals surface area contributed by atoms with Gasteiger partial charge in [-0.05, 0) is 39.1 Å². The predicted octanol–water partition coefficient (Wildman–Crippen LogP) is 1.43. The van der Waals surface area contributed by atoms with E-state index in [2.05, 4.69) is 45.9 Å². The molecule has 0 unspecified atom stereocenters. The van der Waals surface area contributed by atoms with Gasteiger partial charge >= 0.3 is 0 Å². The SMILES string of the molecule is Cc1c(Cl)nnc(N2CCN(CCN(C)C)CC2)c1C. The maximum atomic E-state index is 6.01. The minimum atomic E-state index is 0.510. The van der Waals surface area contributed by atoms with Gasteiger partial charge in [0, 0.05) is 39.3 Å². The van der Waals surface area contributed by atoms with E-state index in [4.69, 9.17) is 11.6 Å². The summed E-state index contributed by atoms with van der Waals surface area (Å²) in [5, 5.41) is 8.84. The van der Waals surface area contributed by atoms with Gasteiger partial charge < -0.3 is 9.80 Å². The lowest BCUT2D eigenvalue weighted by molar-refractivity contribution is 0.229. The molecule has 0 aliphatic carbocycles. The van der Waals surface area contributed by atoms with E-state index in [1.54, 1.807) is 0 Å². The van der Waals surface area contributed by atoms with Gasteiger partial charge in [0.25, 0.3) is 0 Å². The Balaban J connectivity index is 1.96. The number of halogens is 1. The fourth-order valence-electron chi connectivity index (χ4n) is 2.39. The second kappa shape index (κ2) is 6.70. The van der Waals surface area contributed by atoms with Gasteiger partial charge in [-0.15, -0.1) is 10.2 Å². The number of hydrogen-bond donors (Lipinski definition) is 0. The van der Waals surface area contributed by atoms with Gasteiger partial charge in [0.1, 0.15) is 0 Å². The van der Waals surface area contributed by atoms with Gasteiger partial charge in [-0.2, -0.15) is 0 Å². The quantitative estimate of drug-likeness (QED) is 0.840. The molecule has 1 saturated heterocycles. The molecule has 0 aromatic carbocycles. The Bertz CT molecular complexity index is 455. The Morgan fingerprint density at radius 2 is 1.70 bits per heavy atom. The summed E-state index contributed by atoms with van der Waals surface area (Å²) >= 11 is 6.01. The van der Waals surface area contributed by atoms with Crippen molar-refractivity contribution in [1.29, 1.82) is 0 Å². The third kappa shape index (κ3) is 3.59. The molecule has 2 rings (SSSR count). The van der Waals surface area contributed by atoms with E-state index in [-0.39, 0.29) is 0 Å². The maximum Gasteiger partial charge on any atom is 0.155 e. The second-order valence-corrected chi connectivity index (χ2v) is 6.05. The fraction of sp³-hybridized carbons (Fsp3) is 0.714. The van der Waals surface area contributed by atoms with Gasteiger partial charge in [0.05, 0.1) is 0 Å². The van der Waals surface area contributed by atoms with E-state index in [9.17, 15) is 0 Å². The molecule has 1 aromatic rings. The van der Waals surface area contributed by atoms with E-state index < -0.39 is 0 Å². The summed E-state index contributed by atoms with van der Waals surface area (Å²) in [6.45, 7) is 10.5. The number of hydrogen-bond acceptors (Lipinski definition) is 5. The second-order valence-electron chi connectivity index (χ2n) is 5.70. The Morgan fingerprint density at radius 3 is 2.30 bits per heavy atom. The molecular weight excluding hydrogens is 274 g/mol. The van der Waals surface area contributed by atoms with Gasteiger partial charge in [0.2, 0.25) is 0 Å². The first kappa shape index (κ1) is 15.5. The molecule has 0 spiro atoms. The standard InChI is InChI=1S/C14H24ClN5/c1-11-12(2)14(17-16-13(11)15)20-9-7-19(8-10-20)6-5-18(3)4/h5-10H2,1-4H3. The fourth-order valence-corrected chi connectivity index (χ4v) is 2.57. The van der Waals surface area contributed by atoms with Crippen molar-refractivity contribution >= 4 is 17.4 Å². The van der Waals surface area contributed by atoms with Crippen LogP contribution >= 0.6 is 11.6 Å². The minimum absolute atomic E-state index is 0.510. The molecule has 0 saturated carbocycles. The molecule has 1 aromatic heterocycles. The topological polar surface area (TPSA) is 35.5 Å². The molecule has 6 heteroatoms.